The molecule has 0 atom stereocenters. The van der Waals surface area contributed by atoms with Gasteiger partial charge in [0.15, 0.2) is 0 Å². The Morgan fingerprint density at radius 3 is 2.52 bits per heavy atom. The zero-order chi connectivity index (χ0) is 19.4. The Balaban J connectivity index is 2.22. The van der Waals surface area contributed by atoms with Crippen molar-refractivity contribution >= 4 is 17.6 Å². The molecule has 0 aliphatic heterocycles. The van der Waals surface area contributed by atoms with Crippen molar-refractivity contribution in [2.75, 3.05) is 12.8 Å². The second kappa shape index (κ2) is 7.69. The van der Waals surface area contributed by atoms with E-state index in [2.05, 4.69) is 4.98 Å². The number of nitrogens with zero attached hydrogens (tertiary/aromatic N) is 2. The Morgan fingerprint density at radius 1 is 1.07 bits per heavy atom. The second-order valence-electron chi connectivity index (χ2n) is 5.49. The second-order valence-corrected chi connectivity index (χ2v) is 6.61. The minimum atomic E-state index is -0.620. The van der Waals surface area contributed by atoms with Crippen LogP contribution in [0.15, 0.2) is 63.1 Å². The number of hydrogen-bond donors (Lipinski definition) is 2. The summed E-state index contributed by atoms with van der Waals surface area (Å²) in [6, 6.07) is 18.7. The summed E-state index contributed by atoms with van der Waals surface area (Å²) >= 11 is 1.44. The highest BCUT2D eigenvalue weighted by Crippen LogP contribution is 2.39. The molecule has 2 aromatic carbocycles. The van der Waals surface area contributed by atoms with Gasteiger partial charge in [0.25, 0.3) is 5.56 Å². The van der Waals surface area contributed by atoms with Gasteiger partial charge in [-0.1, -0.05) is 36.0 Å². The number of aromatic nitrogens is 1. The van der Waals surface area contributed by atoms with Crippen molar-refractivity contribution in [2.45, 2.75) is 9.79 Å². The third-order valence-corrected chi connectivity index (χ3v) is 4.96. The van der Waals surface area contributed by atoms with Crippen molar-refractivity contribution in [3.63, 3.8) is 0 Å². The normalized spacial score (nSPS) is 10.0. The molecule has 27 heavy (non-hydrogen) atoms. The highest BCUT2D eigenvalue weighted by molar-refractivity contribution is 7.99. The zero-order valence-corrected chi connectivity index (χ0v) is 15.1. The van der Waals surface area contributed by atoms with Crippen LogP contribution in [-0.2, 0) is 0 Å². The average Bonchev–Trinajstić information content (AvgIpc) is 2.68. The van der Waals surface area contributed by atoms with Crippen molar-refractivity contribution in [1.29, 1.82) is 10.5 Å². The van der Waals surface area contributed by atoms with Gasteiger partial charge in [0, 0.05) is 15.4 Å². The number of aromatic amines is 1. The lowest BCUT2D eigenvalue weighted by molar-refractivity contribution is 0.413. The number of H-pyrrole nitrogens is 1. The molecule has 3 N–H and O–H groups in total. The summed E-state index contributed by atoms with van der Waals surface area (Å²) in [4.78, 5) is 16.2. The highest BCUT2D eigenvalue weighted by Gasteiger charge is 2.20. The van der Waals surface area contributed by atoms with Crippen molar-refractivity contribution < 1.29 is 4.74 Å². The van der Waals surface area contributed by atoms with Crippen LogP contribution in [0.2, 0.25) is 0 Å². The highest BCUT2D eigenvalue weighted by atomic mass is 32.2. The summed E-state index contributed by atoms with van der Waals surface area (Å²) in [7, 11) is 1.59. The molecule has 6 nitrogen and oxygen atoms in total. The number of anilines is 1. The number of nitriles is 2. The smallest absolute Gasteiger partial charge is 0.268 e. The Morgan fingerprint density at radius 2 is 1.81 bits per heavy atom. The maximum atomic E-state index is 12.2. The van der Waals surface area contributed by atoms with E-state index in [1.165, 1.54) is 11.8 Å². The molecule has 1 aromatic heterocycles. The Bertz CT molecular complexity index is 1160. The number of ether oxygens (including phenoxy) is 1. The minimum absolute atomic E-state index is 0.0577. The molecule has 0 spiro atoms. The molecule has 3 rings (SSSR count). The molecule has 3 aromatic rings. The summed E-state index contributed by atoms with van der Waals surface area (Å²) in [5.74, 6) is 0.658. The lowest BCUT2D eigenvalue weighted by Crippen LogP contribution is -2.16. The van der Waals surface area contributed by atoms with E-state index in [0.29, 0.717) is 11.3 Å². The van der Waals surface area contributed by atoms with E-state index in [9.17, 15) is 15.3 Å². The van der Waals surface area contributed by atoms with Gasteiger partial charge in [-0.05, 0) is 29.8 Å². The Labute approximate surface area is 159 Å². The standard InChI is InChI=1S/C20H14N4O2S/c1-26-12-5-4-6-13(9-12)27-17-8-3-2-7-14(17)18-15(10-21)19(23)24-20(25)16(18)11-22/h2-9H,1H3,(H3,23,24,25). The number of nitrogens with two attached hydrogens (primary N) is 1. The fraction of sp³-hybridized carbons (Fsp3) is 0.0500. The van der Waals surface area contributed by atoms with Crippen LogP contribution in [-0.4, -0.2) is 12.1 Å². The van der Waals surface area contributed by atoms with Gasteiger partial charge in [-0.25, -0.2) is 0 Å². The number of methoxy groups -OCH3 is 1. The van der Waals surface area contributed by atoms with Crippen LogP contribution in [0.4, 0.5) is 5.82 Å². The molecule has 0 saturated heterocycles. The van der Waals surface area contributed by atoms with Crippen molar-refractivity contribution in [1.82, 2.24) is 4.98 Å². The lowest BCUT2D eigenvalue weighted by Gasteiger charge is -2.13. The monoisotopic (exact) mass is 374 g/mol. The van der Waals surface area contributed by atoms with Crippen molar-refractivity contribution in [3.05, 3.63) is 70.0 Å². The van der Waals surface area contributed by atoms with E-state index in [1.54, 1.807) is 19.2 Å². The predicted molar refractivity (Wildman–Crippen MR) is 103 cm³/mol. The van der Waals surface area contributed by atoms with Gasteiger partial charge >= 0.3 is 0 Å². The van der Waals surface area contributed by atoms with Gasteiger partial charge in [-0.2, -0.15) is 10.5 Å². The molecular formula is C20H14N4O2S. The molecule has 0 bridgehead atoms. The molecule has 0 aliphatic carbocycles. The molecule has 7 heteroatoms. The summed E-state index contributed by atoms with van der Waals surface area (Å²) in [6.45, 7) is 0. The van der Waals surface area contributed by atoms with E-state index >= 15 is 0 Å². The molecule has 1 heterocycles. The van der Waals surface area contributed by atoms with Gasteiger partial charge in [0.05, 0.1) is 7.11 Å². The van der Waals surface area contributed by atoms with Crippen LogP contribution in [0.25, 0.3) is 11.1 Å². The molecule has 0 aliphatic rings. The van der Waals surface area contributed by atoms with E-state index < -0.39 is 5.56 Å². The maximum absolute atomic E-state index is 12.2. The zero-order valence-electron chi connectivity index (χ0n) is 14.3. The Hall–Kier alpha value is -3.68. The largest absolute Gasteiger partial charge is 0.497 e. The first-order chi connectivity index (χ1) is 13.1. The van der Waals surface area contributed by atoms with Crippen LogP contribution in [0.1, 0.15) is 11.1 Å². The van der Waals surface area contributed by atoms with Gasteiger partial charge in [0.1, 0.15) is 34.8 Å². The van der Waals surface area contributed by atoms with Crippen LogP contribution >= 0.6 is 11.8 Å². The van der Waals surface area contributed by atoms with E-state index in [1.807, 2.05) is 48.5 Å². The number of pyridine rings is 1. The molecule has 0 fully saturated rings. The van der Waals surface area contributed by atoms with Gasteiger partial charge in [-0.15, -0.1) is 0 Å². The van der Waals surface area contributed by atoms with Crippen LogP contribution in [0.5, 0.6) is 5.75 Å². The number of benzene rings is 2. The first-order valence-electron chi connectivity index (χ1n) is 7.86. The number of rotatable bonds is 4. The van der Waals surface area contributed by atoms with E-state index in [-0.39, 0.29) is 22.5 Å². The summed E-state index contributed by atoms with van der Waals surface area (Å²) in [5.41, 5.74) is 5.97. The third kappa shape index (κ3) is 3.50. The van der Waals surface area contributed by atoms with E-state index in [4.69, 9.17) is 10.5 Å². The molecular weight excluding hydrogens is 360 g/mol. The number of nitrogens with one attached hydrogen (secondary N) is 1. The SMILES string of the molecule is COc1cccc(Sc2ccccc2-c2c(C#N)c(N)[nH]c(=O)c2C#N)c1. The minimum Gasteiger partial charge on any atom is -0.497 e. The number of hydrogen-bond acceptors (Lipinski definition) is 6. The fourth-order valence-electron chi connectivity index (χ4n) is 2.67. The van der Waals surface area contributed by atoms with Crippen LogP contribution < -0.4 is 16.0 Å². The maximum Gasteiger partial charge on any atom is 0.268 e. The molecule has 0 amide bonds. The quantitative estimate of drug-likeness (QED) is 0.722. The van der Waals surface area contributed by atoms with Crippen LogP contribution in [0, 0.1) is 22.7 Å². The van der Waals surface area contributed by atoms with Gasteiger partial charge in [0.2, 0.25) is 0 Å². The summed E-state index contributed by atoms with van der Waals surface area (Å²) < 4.78 is 5.25. The first-order valence-corrected chi connectivity index (χ1v) is 8.68. The summed E-state index contributed by atoms with van der Waals surface area (Å²) in [5, 5.41) is 19.0. The molecule has 132 valence electrons. The van der Waals surface area contributed by atoms with Gasteiger partial charge in [-0.3, -0.25) is 4.79 Å². The topological polar surface area (TPSA) is 116 Å². The number of nitrogen functional groups attached to an aromatic ring is 1. The van der Waals surface area contributed by atoms with Crippen molar-refractivity contribution in [2.24, 2.45) is 0 Å². The van der Waals surface area contributed by atoms with Crippen LogP contribution in [0.3, 0.4) is 0 Å². The molecule has 0 radical (unpaired) electrons. The van der Waals surface area contributed by atoms with Gasteiger partial charge < -0.3 is 15.5 Å². The molecule has 0 saturated carbocycles. The van der Waals surface area contributed by atoms with Crippen molar-refractivity contribution in [3.8, 4) is 29.0 Å². The predicted octanol–water partition coefficient (Wildman–Crippen LogP) is 3.53. The third-order valence-electron chi connectivity index (χ3n) is 3.89. The first kappa shape index (κ1) is 18.1. The lowest BCUT2D eigenvalue weighted by atomic mass is 9.96. The van der Waals surface area contributed by atoms with E-state index in [0.717, 1.165) is 9.79 Å². The fourth-order valence-corrected chi connectivity index (χ4v) is 3.67. The molecule has 0 unspecified atom stereocenters. The summed E-state index contributed by atoms with van der Waals surface area (Å²) in [6.07, 6.45) is 0. The average molecular weight is 374 g/mol. The Kier molecular flexibility index (Phi) is 5.16.